The average molecular weight is 196 g/mol. The molecule has 0 aromatic heterocycles. The van der Waals surface area contributed by atoms with Crippen molar-refractivity contribution in [2.45, 2.75) is 31.6 Å². The Bertz CT molecular complexity index is 250. The standard InChI is InChI=1S/C9H13BO4/c1-4-8(13-5(2)12-4)6-3-7(11)14-9(6)10/h4,6,8-9H,2-3,10H2,1H3. The minimum atomic E-state index is -0.157. The number of cyclic esters (lactones) is 1. The molecule has 0 radical (unpaired) electrons. The van der Waals surface area contributed by atoms with Crippen molar-refractivity contribution in [2.24, 2.45) is 5.92 Å². The van der Waals surface area contributed by atoms with E-state index in [0.29, 0.717) is 12.4 Å². The average Bonchev–Trinajstić information content (AvgIpc) is 2.55. The van der Waals surface area contributed by atoms with Gasteiger partial charge in [-0.15, -0.1) is 0 Å². The molecule has 0 spiro atoms. The van der Waals surface area contributed by atoms with Crippen LogP contribution in [0.1, 0.15) is 13.3 Å². The molecule has 0 aromatic carbocycles. The van der Waals surface area contributed by atoms with Gasteiger partial charge in [-0.25, -0.2) is 0 Å². The largest absolute Gasteiger partial charge is 0.472 e. The Labute approximate surface area is 83.6 Å². The predicted octanol–water partition coefficient (Wildman–Crippen LogP) is -0.216. The quantitative estimate of drug-likeness (QED) is 0.429. The Balaban J connectivity index is 2.08. The van der Waals surface area contributed by atoms with Gasteiger partial charge in [-0.1, -0.05) is 0 Å². The van der Waals surface area contributed by atoms with Crippen molar-refractivity contribution in [3.8, 4) is 0 Å². The molecule has 0 aromatic rings. The van der Waals surface area contributed by atoms with Crippen LogP contribution in [0.2, 0.25) is 0 Å². The van der Waals surface area contributed by atoms with E-state index in [1.54, 1.807) is 0 Å². The van der Waals surface area contributed by atoms with E-state index in [4.69, 9.17) is 14.2 Å². The van der Waals surface area contributed by atoms with E-state index in [2.05, 4.69) is 6.58 Å². The smallest absolute Gasteiger partial charge is 0.305 e. The number of rotatable bonds is 1. The van der Waals surface area contributed by atoms with Gasteiger partial charge in [0.25, 0.3) is 5.95 Å². The summed E-state index contributed by atoms with van der Waals surface area (Å²) in [5.41, 5.74) is 0. The number of carbonyl (C=O) groups excluding carboxylic acids is 1. The van der Waals surface area contributed by atoms with Gasteiger partial charge in [-0.2, -0.15) is 0 Å². The first-order valence-corrected chi connectivity index (χ1v) is 4.79. The topological polar surface area (TPSA) is 44.8 Å². The summed E-state index contributed by atoms with van der Waals surface area (Å²) in [4.78, 5) is 11.1. The lowest BCUT2D eigenvalue weighted by Crippen LogP contribution is -2.34. The lowest BCUT2D eigenvalue weighted by molar-refractivity contribution is -0.139. The van der Waals surface area contributed by atoms with E-state index in [1.165, 1.54) is 0 Å². The summed E-state index contributed by atoms with van der Waals surface area (Å²) in [5, 5.41) is 0. The minimum absolute atomic E-state index is 0.0514. The number of ether oxygens (including phenoxy) is 3. The van der Waals surface area contributed by atoms with Gasteiger partial charge in [0.15, 0.2) is 7.85 Å². The first kappa shape index (κ1) is 9.43. The second-order valence-corrected chi connectivity index (χ2v) is 3.84. The van der Waals surface area contributed by atoms with E-state index >= 15 is 0 Å². The molecule has 2 aliphatic rings. The van der Waals surface area contributed by atoms with Crippen LogP contribution in [0.3, 0.4) is 0 Å². The minimum Gasteiger partial charge on any atom is -0.472 e. The maximum Gasteiger partial charge on any atom is 0.305 e. The fourth-order valence-electron chi connectivity index (χ4n) is 2.07. The van der Waals surface area contributed by atoms with Crippen LogP contribution < -0.4 is 0 Å². The van der Waals surface area contributed by atoms with Gasteiger partial charge in [0.2, 0.25) is 0 Å². The van der Waals surface area contributed by atoms with Crippen LogP contribution in [0, 0.1) is 5.92 Å². The molecule has 0 bridgehead atoms. The summed E-state index contributed by atoms with van der Waals surface area (Å²) in [7, 11) is 1.88. The first-order valence-electron chi connectivity index (χ1n) is 4.79. The Kier molecular flexibility index (Phi) is 2.17. The molecular weight excluding hydrogens is 183 g/mol. The van der Waals surface area contributed by atoms with Crippen molar-refractivity contribution in [1.29, 1.82) is 0 Å². The molecule has 0 aliphatic carbocycles. The number of hydrogen-bond donors (Lipinski definition) is 0. The number of esters is 1. The van der Waals surface area contributed by atoms with Crippen LogP contribution in [-0.4, -0.2) is 32.0 Å². The molecule has 4 unspecified atom stereocenters. The van der Waals surface area contributed by atoms with Crippen LogP contribution in [0.25, 0.3) is 0 Å². The molecule has 0 amide bonds. The van der Waals surface area contributed by atoms with E-state index < -0.39 is 0 Å². The van der Waals surface area contributed by atoms with Crippen molar-refractivity contribution < 1.29 is 19.0 Å². The van der Waals surface area contributed by atoms with Crippen LogP contribution in [0.4, 0.5) is 0 Å². The van der Waals surface area contributed by atoms with E-state index in [0.717, 1.165) is 0 Å². The molecule has 2 aliphatic heterocycles. The lowest BCUT2D eigenvalue weighted by atomic mass is 9.81. The molecule has 4 atom stereocenters. The highest BCUT2D eigenvalue weighted by Gasteiger charge is 2.44. The van der Waals surface area contributed by atoms with Gasteiger partial charge in [-0.3, -0.25) is 4.79 Å². The Morgan fingerprint density at radius 1 is 1.43 bits per heavy atom. The summed E-state index contributed by atoms with van der Waals surface area (Å²) in [6, 6.07) is -0.0931. The van der Waals surface area contributed by atoms with E-state index in [-0.39, 0.29) is 30.1 Å². The first-order chi connectivity index (χ1) is 6.58. The van der Waals surface area contributed by atoms with Gasteiger partial charge >= 0.3 is 5.97 Å². The fraction of sp³-hybridized carbons (Fsp3) is 0.667. The zero-order chi connectivity index (χ0) is 10.3. The number of hydrogen-bond acceptors (Lipinski definition) is 4. The van der Waals surface area contributed by atoms with Crippen LogP contribution in [0.5, 0.6) is 0 Å². The zero-order valence-corrected chi connectivity index (χ0v) is 8.36. The molecule has 0 N–H and O–H groups in total. The lowest BCUT2D eigenvalue weighted by Gasteiger charge is -2.20. The zero-order valence-electron chi connectivity index (χ0n) is 8.36. The van der Waals surface area contributed by atoms with Gasteiger partial charge in [-0.05, 0) is 13.5 Å². The van der Waals surface area contributed by atoms with Crippen molar-refractivity contribution in [3.63, 3.8) is 0 Å². The van der Waals surface area contributed by atoms with Gasteiger partial charge < -0.3 is 14.2 Å². The van der Waals surface area contributed by atoms with E-state index in [1.807, 2.05) is 14.8 Å². The summed E-state index contributed by atoms with van der Waals surface area (Å²) >= 11 is 0. The fourth-order valence-corrected chi connectivity index (χ4v) is 2.07. The van der Waals surface area contributed by atoms with E-state index in [9.17, 15) is 4.79 Å². The summed E-state index contributed by atoms with van der Waals surface area (Å²) in [5.74, 6) is 0.265. The third-order valence-corrected chi connectivity index (χ3v) is 2.79. The predicted molar refractivity (Wildman–Crippen MR) is 51.1 cm³/mol. The van der Waals surface area contributed by atoms with Gasteiger partial charge in [0.05, 0.1) is 12.4 Å². The highest BCUT2D eigenvalue weighted by molar-refractivity contribution is 6.12. The Hall–Kier alpha value is -1.13. The second-order valence-electron chi connectivity index (χ2n) is 3.84. The van der Waals surface area contributed by atoms with Crippen LogP contribution in [-0.2, 0) is 19.0 Å². The van der Waals surface area contributed by atoms with Gasteiger partial charge in [0, 0.05) is 5.92 Å². The third kappa shape index (κ3) is 1.47. The number of carbonyl (C=O) groups is 1. The molecule has 2 saturated heterocycles. The highest BCUT2D eigenvalue weighted by atomic mass is 16.7. The van der Waals surface area contributed by atoms with Crippen molar-refractivity contribution >= 4 is 13.8 Å². The molecule has 2 fully saturated rings. The molecule has 76 valence electrons. The molecule has 4 nitrogen and oxygen atoms in total. The highest BCUT2D eigenvalue weighted by Crippen LogP contribution is 2.33. The maximum absolute atomic E-state index is 11.1. The third-order valence-electron chi connectivity index (χ3n) is 2.79. The molecule has 2 heterocycles. The van der Waals surface area contributed by atoms with Crippen LogP contribution >= 0.6 is 0 Å². The monoisotopic (exact) mass is 196 g/mol. The molecule has 0 saturated carbocycles. The van der Waals surface area contributed by atoms with Crippen molar-refractivity contribution in [2.75, 3.05) is 0 Å². The SMILES string of the molecule is BC1OC(=O)CC1C1OC(=C)OC1C. The molecule has 2 rings (SSSR count). The molecular formula is C9H13BO4. The summed E-state index contributed by atoms with van der Waals surface area (Å²) < 4.78 is 15.8. The van der Waals surface area contributed by atoms with Crippen LogP contribution in [0.15, 0.2) is 12.5 Å². The van der Waals surface area contributed by atoms with Crippen molar-refractivity contribution in [3.05, 3.63) is 12.5 Å². The molecule has 5 heteroatoms. The van der Waals surface area contributed by atoms with Gasteiger partial charge in [0.1, 0.15) is 12.2 Å². The maximum atomic E-state index is 11.1. The van der Waals surface area contributed by atoms with Crippen molar-refractivity contribution in [1.82, 2.24) is 0 Å². The summed E-state index contributed by atoms with van der Waals surface area (Å²) in [6.07, 6.45) is 0.251. The molecule has 14 heavy (non-hydrogen) atoms. The second kappa shape index (κ2) is 3.22. The Morgan fingerprint density at radius 3 is 2.57 bits per heavy atom. The summed E-state index contributed by atoms with van der Waals surface area (Å²) in [6.45, 7) is 5.52. The normalized spacial score (nSPS) is 41.8. The Morgan fingerprint density at radius 2 is 2.14 bits per heavy atom.